The molecule has 6 heteroatoms. The molecule has 0 aliphatic heterocycles. The summed E-state index contributed by atoms with van der Waals surface area (Å²) in [5, 5.41) is 19.9. The fourth-order valence-electron chi connectivity index (χ4n) is 2.06. The van der Waals surface area contributed by atoms with Crippen molar-refractivity contribution >= 4 is 11.8 Å². The van der Waals surface area contributed by atoms with Crippen LogP contribution in [0.2, 0.25) is 0 Å². The van der Waals surface area contributed by atoms with Crippen molar-refractivity contribution in [2.45, 2.75) is 13.0 Å². The van der Waals surface area contributed by atoms with E-state index < -0.39 is 24.5 Å². The molecule has 136 valence electrons. The van der Waals surface area contributed by atoms with E-state index >= 15 is 0 Å². The molecule has 0 unspecified atom stereocenters. The topological polar surface area (TPSA) is 98.7 Å². The van der Waals surface area contributed by atoms with Crippen LogP contribution in [-0.2, 0) is 4.79 Å². The third-order valence-electron chi connectivity index (χ3n) is 3.59. The summed E-state index contributed by atoms with van der Waals surface area (Å²) in [5.41, 5.74) is 4.39. The molecule has 0 aliphatic carbocycles. The molecule has 0 fully saturated rings. The van der Waals surface area contributed by atoms with Crippen molar-refractivity contribution in [2.24, 2.45) is 0 Å². The van der Waals surface area contributed by atoms with Crippen LogP contribution in [0.3, 0.4) is 0 Å². The second kappa shape index (κ2) is 9.79. The second-order valence-corrected chi connectivity index (χ2v) is 5.63. The number of benzene rings is 2. The monoisotopic (exact) mass is 362 g/mol. The number of aliphatic hydroxyl groups excluding tert-OH is 1. The molecule has 0 heterocycles. The fraction of sp³-hybridized carbons (Fsp3) is 0.143. The zero-order chi connectivity index (χ0) is 19.6. The van der Waals surface area contributed by atoms with Crippen LogP contribution in [0.15, 0.2) is 48.5 Å². The third kappa shape index (κ3) is 6.02. The molecule has 27 heavy (non-hydrogen) atoms. The molecule has 4 N–H and O–H groups in total. The molecule has 2 rings (SSSR count). The minimum absolute atomic E-state index is 0.287. The molecule has 0 saturated heterocycles. The second-order valence-electron chi connectivity index (χ2n) is 5.63. The molecule has 0 saturated carbocycles. The first-order valence-electron chi connectivity index (χ1n) is 8.08. The number of nitrogens with one attached hydrogen (secondary N) is 2. The van der Waals surface area contributed by atoms with Gasteiger partial charge in [-0.05, 0) is 55.2 Å². The Bertz CT molecular complexity index is 927. The lowest BCUT2D eigenvalue weighted by atomic mass is 10.1. The maximum atomic E-state index is 12.0. The zero-order valence-electron chi connectivity index (χ0n) is 14.6. The van der Waals surface area contributed by atoms with E-state index in [2.05, 4.69) is 29.0 Å². The highest BCUT2D eigenvalue weighted by atomic mass is 16.5. The quantitative estimate of drug-likeness (QED) is 0.370. The average molecular weight is 362 g/mol. The standard InChI is InChI=1S/C21H18N2O4/c1-15-6-8-16(9-7-15)4-2-3-5-17-10-12-18(13-11-17)20(25)22-19(14-24)21(26)23-27/h6-13,19,24,27H,14H2,1H3,(H,22,25)(H,23,26)/t19-/m1/s1. The van der Waals surface area contributed by atoms with Crippen molar-refractivity contribution in [3.05, 3.63) is 70.8 Å². The molecule has 2 amide bonds. The van der Waals surface area contributed by atoms with Gasteiger partial charge in [0.15, 0.2) is 0 Å². The molecule has 0 radical (unpaired) electrons. The normalized spacial score (nSPS) is 10.5. The molecule has 0 spiro atoms. The highest BCUT2D eigenvalue weighted by molar-refractivity contribution is 5.97. The summed E-state index contributed by atoms with van der Waals surface area (Å²) in [7, 11) is 0. The lowest BCUT2D eigenvalue weighted by Gasteiger charge is -2.13. The molecule has 1 atom stereocenters. The number of aliphatic hydroxyl groups is 1. The number of hydroxylamine groups is 1. The predicted molar refractivity (Wildman–Crippen MR) is 99.6 cm³/mol. The van der Waals surface area contributed by atoms with Gasteiger partial charge in [-0.1, -0.05) is 29.5 Å². The Labute approximate surface area is 157 Å². The Balaban J connectivity index is 2.00. The summed E-state index contributed by atoms with van der Waals surface area (Å²) in [4.78, 5) is 23.3. The first-order chi connectivity index (χ1) is 13.0. The molecule has 2 aromatic rings. The maximum absolute atomic E-state index is 12.0. The Morgan fingerprint density at radius 3 is 1.96 bits per heavy atom. The summed E-state index contributed by atoms with van der Waals surface area (Å²) < 4.78 is 0. The summed E-state index contributed by atoms with van der Waals surface area (Å²) >= 11 is 0. The number of hydrogen-bond donors (Lipinski definition) is 4. The Kier molecular flexibility index (Phi) is 7.16. The summed E-state index contributed by atoms with van der Waals surface area (Å²) in [6.45, 7) is 1.37. The summed E-state index contributed by atoms with van der Waals surface area (Å²) in [6.07, 6.45) is 0. The number of aryl methyl sites for hydroxylation is 1. The Morgan fingerprint density at radius 1 is 0.963 bits per heavy atom. The number of carbonyl (C=O) groups is 2. The zero-order valence-corrected chi connectivity index (χ0v) is 14.6. The van der Waals surface area contributed by atoms with Crippen LogP contribution >= 0.6 is 0 Å². The van der Waals surface area contributed by atoms with Crippen molar-refractivity contribution in [1.82, 2.24) is 10.8 Å². The van der Waals surface area contributed by atoms with Gasteiger partial charge in [0.1, 0.15) is 6.04 Å². The van der Waals surface area contributed by atoms with E-state index in [4.69, 9.17) is 10.3 Å². The van der Waals surface area contributed by atoms with Crippen molar-refractivity contribution in [3.63, 3.8) is 0 Å². The van der Waals surface area contributed by atoms with Gasteiger partial charge in [-0.15, -0.1) is 0 Å². The van der Waals surface area contributed by atoms with Gasteiger partial charge in [0, 0.05) is 16.7 Å². The number of carbonyl (C=O) groups excluding carboxylic acids is 2. The predicted octanol–water partition coefficient (Wildman–Crippen LogP) is 0.994. The average Bonchev–Trinajstić information content (AvgIpc) is 2.70. The van der Waals surface area contributed by atoms with E-state index in [1.807, 2.05) is 31.2 Å². The van der Waals surface area contributed by atoms with Crippen LogP contribution < -0.4 is 10.8 Å². The van der Waals surface area contributed by atoms with E-state index in [-0.39, 0.29) is 5.56 Å². The lowest BCUT2D eigenvalue weighted by Crippen LogP contribution is -2.48. The van der Waals surface area contributed by atoms with Crippen LogP contribution in [0.5, 0.6) is 0 Å². The highest BCUT2D eigenvalue weighted by Crippen LogP contribution is 2.04. The van der Waals surface area contributed by atoms with Crippen molar-refractivity contribution in [2.75, 3.05) is 6.61 Å². The molecular weight excluding hydrogens is 344 g/mol. The van der Waals surface area contributed by atoms with Crippen LogP contribution in [0, 0.1) is 30.6 Å². The Hall–Kier alpha value is -3.58. The number of rotatable bonds is 4. The minimum Gasteiger partial charge on any atom is -0.394 e. The first-order valence-corrected chi connectivity index (χ1v) is 8.08. The van der Waals surface area contributed by atoms with E-state index in [1.165, 1.54) is 17.6 Å². The van der Waals surface area contributed by atoms with E-state index in [0.29, 0.717) is 5.56 Å². The van der Waals surface area contributed by atoms with Gasteiger partial charge in [-0.2, -0.15) is 0 Å². The molecule has 0 bridgehead atoms. The Morgan fingerprint density at radius 2 is 1.48 bits per heavy atom. The maximum Gasteiger partial charge on any atom is 0.268 e. The summed E-state index contributed by atoms with van der Waals surface area (Å²) in [6, 6.07) is 12.9. The third-order valence-corrected chi connectivity index (χ3v) is 3.59. The minimum atomic E-state index is -1.24. The summed E-state index contributed by atoms with van der Waals surface area (Å²) in [5.74, 6) is 9.89. The van der Waals surface area contributed by atoms with Crippen molar-refractivity contribution in [1.29, 1.82) is 0 Å². The van der Waals surface area contributed by atoms with E-state index in [1.54, 1.807) is 12.1 Å². The van der Waals surface area contributed by atoms with Gasteiger partial charge in [-0.25, -0.2) is 5.48 Å². The first kappa shape index (κ1) is 19.7. The van der Waals surface area contributed by atoms with Crippen LogP contribution in [0.1, 0.15) is 27.0 Å². The molecular formula is C21H18N2O4. The van der Waals surface area contributed by atoms with Gasteiger partial charge in [0.2, 0.25) is 0 Å². The molecule has 6 nitrogen and oxygen atoms in total. The lowest BCUT2D eigenvalue weighted by molar-refractivity contribution is -0.132. The van der Waals surface area contributed by atoms with Crippen molar-refractivity contribution < 1.29 is 19.9 Å². The molecule has 2 aromatic carbocycles. The van der Waals surface area contributed by atoms with Gasteiger partial charge < -0.3 is 10.4 Å². The van der Waals surface area contributed by atoms with Crippen molar-refractivity contribution in [3.8, 4) is 23.7 Å². The van der Waals surface area contributed by atoms with Gasteiger partial charge in [0.25, 0.3) is 11.8 Å². The smallest absolute Gasteiger partial charge is 0.268 e. The largest absolute Gasteiger partial charge is 0.394 e. The van der Waals surface area contributed by atoms with Gasteiger partial charge in [0.05, 0.1) is 6.61 Å². The van der Waals surface area contributed by atoms with Crippen LogP contribution in [0.25, 0.3) is 0 Å². The van der Waals surface area contributed by atoms with Gasteiger partial charge >= 0.3 is 0 Å². The highest BCUT2D eigenvalue weighted by Gasteiger charge is 2.19. The van der Waals surface area contributed by atoms with E-state index in [9.17, 15) is 9.59 Å². The molecule has 0 aromatic heterocycles. The molecule has 0 aliphatic rings. The fourth-order valence-corrected chi connectivity index (χ4v) is 2.06. The SMILES string of the molecule is Cc1ccc(C#CC#Cc2ccc(C(=O)N[C@H](CO)C(=O)NO)cc2)cc1. The number of amides is 2. The van der Waals surface area contributed by atoms with Crippen LogP contribution in [-0.4, -0.2) is 34.8 Å². The number of hydrogen-bond acceptors (Lipinski definition) is 4. The van der Waals surface area contributed by atoms with E-state index in [0.717, 1.165) is 11.1 Å². The van der Waals surface area contributed by atoms with Crippen LogP contribution in [0.4, 0.5) is 0 Å². The van der Waals surface area contributed by atoms with Gasteiger partial charge in [-0.3, -0.25) is 14.8 Å².